The molecule has 26 heavy (non-hydrogen) atoms. The summed E-state index contributed by atoms with van der Waals surface area (Å²) in [7, 11) is -3.72. The molecule has 0 spiro atoms. The molecule has 2 aromatic rings. The second-order valence-electron chi connectivity index (χ2n) is 6.16. The third kappa shape index (κ3) is 3.49. The van der Waals surface area contributed by atoms with Gasteiger partial charge in [0.25, 0.3) is 10.0 Å². The summed E-state index contributed by atoms with van der Waals surface area (Å²) in [5.74, 6) is 1.15. The van der Waals surface area contributed by atoms with Gasteiger partial charge in [-0.1, -0.05) is 0 Å². The lowest BCUT2D eigenvalue weighted by Gasteiger charge is -2.14. The largest absolute Gasteiger partial charge is 0.454 e. The summed E-state index contributed by atoms with van der Waals surface area (Å²) in [6.07, 6.45) is 2.31. The summed E-state index contributed by atoms with van der Waals surface area (Å²) in [5.41, 5.74) is 0.400. The number of thiophene rings is 1. The Bertz CT molecular complexity index is 932. The van der Waals surface area contributed by atoms with E-state index in [4.69, 9.17) is 9.47 Å². The predicted octanol–water partition coefficient (Wildman–Crippen LogP) is 2.44. The van der Waals surface area contributed by atoms with Gasteiger partial charge in [-0.25, -0.2) is 8.42 Å². The molecule has 0 saturated carbocycles. The van der Waals surface area contributed by atoms with Crippen molar-refractivity contribution >= 4 is 33.0 Å². The number of benzene rings is 1. The first-order chi connectivity index (χ1) is 12.5. The Morgan fingerprint density at radius 3 is 2.69 bits per heavy atom. The minimum absolute atomic E-state index is 0.0528. The van der Waals surface area contributed by atoms with Crippen molar-refractivity contribution in [2.75, 3.05) is 24.6 Å². The van der Waals surface area contributed by atoms with E-state index in [1.165, 1.54) is 6.07 Å². The van der Waals surface area contributed by atoms with Crippen molar-refractivity contribution in [1.29, 1.82) is 0 Å². The SMILES string of the molecule is O=C(Cc1ccc(S(=O)(=O)Nc2ccc3c(c2)OCO3)s1)N1CCCC1. The molecule has 1 aromatic heterocycles. The Morgan fingerprint density at radius 2 is 1.88 bits per heavy atom. The molecule has 1 fully saturated rings. The van der Waals surface area contributed by atoms with Gasteiger partial charge in [0.15, 0.2) is 11.5 Å². The summed E-state index contributed by atoms with van der Waals surface area (Å²) in [6, 6.07) is 8.11. The number of fused-ring (bicyclic) bond motifs is 1. The second-order valence-corrected chi connectivity index (χ2v) is 9.24. The first kappa shape index (κ1) is 17.2. The predicted molar refractivity (Wildman–Crippen MR) is 97.2 cm³/mol. The van der Waals surface area contributed by atoms with Crippen molar-refractivity contribution in [2.45, 2.75) is 23.5 Å². The molecule has 0 bridgehead atoms. The quantitative estimate of drug-likeness (QED) is 0.842. The van der Waals surface area contributed by atoms with Gasteiger partial charge in [-0.2, -0.15) is 0 Å². The molecule has 0 aliphatic carbocycles. The highest BCUT2D eigenvalue weighted by Crippen LogP contribution is 2.35. The van der Waals surface area contributed by atoms with E-state index in [2.05, 4.69) is 4.72 Å². The van der Waals surface area contributed by atoms with Crippen molar-refractivity contribution in [3.63, 3.8) is 0 Å². The topological polar surface area (TPSA) is 84.9 Å². The van der Waals surface area contributed by atoms with Gasteiger partial charge in [-0.3, -0.25) is 9.52 Å². The van der Waals surface area contributed by atoms with Crippen LogP contribution in [0.15, 0.2) is 34.5 Å². The molecule has 1 amide bonds. The van der Waals surface area contributed by atoms with Gasteiger partial charge >= 0.3 is 0 Å². The van der Waals surface area contributed by atoms with Crippen molar-refractivity contribution in [1.82, 2.24) is 4.90 Å². The number of anilines is 1. The molecule has 0 atom stereocenters. The zero-order chi connectivity index (χ0) is 18.1. The average molecular weight is 394 g/mol. The van der Waals surface area contributed by atoms with E-state index in [1.54, 1.807) is 24.3 Å². The Labute approximate surface area is 155 Å². The van der Waals surface area contributed by atoms with Crippen molar-refractivity contribution in [2.24, 2.45) is 0 Å². The van der Waals surface area contributed by atoms with Crippen LogP contribution < -0.4 is 14.2 Å². The molecular formula is C17H18N2O5S2. The maximum atomic E-state index is 12.6. The fourth-order valence-corrected chi connectivity index (χ4v) is 5.39. The van der Waals surface area contributed by atoms with E-state index < -0.39 is 10.0 Å². The molecule has 138 valence electrons. The van der Waals surface area contributed by atoms with E-state index in [0.717, 1.165) is 42.1 Å². The second kappa shape index (κ2) is 6.81. The van der Waals surface area contributed by atoms with Gasteiger partial charge in [0.2, 0.25) is 12.7 Å². The lowest BCUT2D eigenvalue weighted by atomic mass is 10.3. The number of nitrogens with one attached hydrogen (secondary N) is 1. The van der Waals surface area contributed by atoms with Crippen molar-refractivity contribution in [3.8, 4) is 11.5 Å². The standard InChI is InChI=1S/C17H18N2O5S2/c20-16(19-7-1-2-8-19)10-13-4-6-17(25-13)26(21,22)18-12-3-5-14-15(9-12)24-11-23-14/h3-6,9,18H,1-2,7-8,10-11H2. The van der Waals surface area contributed by atoms with Crippen LogP contribution in [0.25, 0.3) is 0 Å². The Kier molecular flexibility index (Phi) is 4.49. The van der Waals surface area contributed by atoms with Gasteiger partial charge in [0, 0.05) is 24.0 Å². The highest BCUT2D eigenvalue weighted by atomic mass is 32.2. The van der Waals surface area contributed by atoms with Crippen LogP contribution >= 0.6 is 11.3 Å². The van der Waals surface area contributed by atoms with Gasteiger partial charge < -0.3 is 14.4 Å². The summed E-state index contributed by atoms with van der Waals surface area (Å²) in [6.45, 7) is 1.72. The van der Waals surface area contributed by atoms with Crippen molar-refractivity contribution < 1.29 is 22.7 Å². The summed E-state index contributed by atoms with van der Waals surface area (Å²) < 4.78 is 38.4. The van der Waals surface area contributed by atoms with Crippen LogP contribution in [-0.2, 0) is 21.2 Å². The number of nitrogens with zero attached hydrogens (tertiary/aromatic N) is 1. The molecule has 7 nitrogen and oxygen atoms in total. The van der Waals surface area contributed by atoms with E-state index in [0.29, 0.717) is 17.2 Å². The Hall–Kier alpha value is -2.26. The smallest absolute Gasteiger partial charge is 0.271 e. The maximum Gasteiger partial charge on any atom is 0.271 e. The normalized spacial score (nSPS) is 16.1. The molecule has 3 heterocycles. The van der Waals surface area contributed by atoms with Crippen LogP contribution in [0.4, 0.5) is 5.69 Å². The molecule has 1 N–H and O–H groups in total. The summed E-state index contributed by atoms with van der Waals surface area (Å²) >= 11 is 1.12. The number of hydrogen-bond donors (Lipinski definition) is 1. The number of hydrogen-bond acceptors (Lipinski definition) is 6. The van der Waals surface area contributed by atoms with Crippen LogP contribution in [0, 0.1) is 0 Å². The third-order valence-electron chi connectivity index (χ3n) is 4.31. The number of carbonyl (C=O) groups excluding carboxylic acids is 1. The van der Waals surface area contributed by atoms with Crippen LogP contribution in [0.1, 0.15) is 17.7 Å². The highest BCUT2D eigenvalue weighted by molar-refractivity contribution is 7.94. The molecule has 2 aliphatic rings. The zero-order valence-electron chi connectivity index (χ0n) is 13.9. The molecule has 0 unspecified atom stereocenters. The fourth-order valence-electron chi connectivity index (χ4n) is 2.99. The van der Waals surface area contributed by atoms with Gasteiger partial charge in [0.1, 0.15) is 4.21 Å². The minimum Gasteiger partial charge on any atom is -0.454 e. The minimum atomic E-state index is -3.72. The van der Waals surface area contributed by atoms with E-state index in [1.807, 2.05) is 4.90 Å². The summed E-state index contributed by atoms with van der Waals surface area (Å²) in [5, 5.41) is 0. The number of ether oxygens (including phenoxy) is 2. The molecular weight excluding hydrogens is 376 g/mol. The van der Waals surface area contributed by atoms with E-state index in [-0.39, 0.29) is 23.3 Å². The first-order valence-corrected chi connectivity index (χ1v) is 10.6. The Balaban J connectivity index is 1.46. The lowest BCUT2D eigenvalue weighted by molar-refractivity contribution is -0.129. The van der Waals surface area contributed by atoms with Gasteiger partial charge in [-0.05, 0) is 37.1 Å². The molecule has 4 rings (SSSR count). The molecule has 1 aromatic carbocycles. The average Bonchev–Trinajstić information content (AvgIpc) is 3.35. The number of rotatable bonds is 5. The number of carbonyl (C=O) groups is 1. The molecule has 9 heteroatoms. The highest BCUT2D eigenvalue weighted by Gasteiger charge is 2.22. The maximum absolute atomic E-state index is 12.6. The van der Waals surface area contributed by atoms with Gasteiger partial charge in [-0.15, -0.1) is 11.3 Å². The van der Waals surface area contributed by atoms with Crippen LogP contribution in [0.2, 0.25) is 0 Å². The third-order valence-corrected chi connectivity index (χ3v) is 7.27. The summed E-state index contributed by atoms with van der Waals surface area (Å²) in [4.78, 5) is 14.8. The monoisotopic (exact) mass is 394 g/mol. The first-order valence-electron chi connectivity index (χ1n) is 8.30. The van der Waals surface area contributed by atoms with Crippen LogP contribution in [0.3, 0.4) is 0 Å². The number of likely N-dealkylation sites (tertiary alicyclic amines) is 1. The van der Waals surface area contributed by atoms with Crippen LogP contribution in [-0.4, -0.2) is 39.1 Å². The molecule has 0 radical (unpaired) electrons. The molecule has 1 saturated heterocycles. The number of amides is 1. The van der Waals surface area contributed by atoms with E-state index >= 15 is 0 Å². The zero-order valence-corrected chi connectivity index (χ0v) is 15.6. The fraction of sp³-hybridized carbons (Fsp3) is 0.353. The van der Waals surface area contributed by atoms with E-state index in [9.17, 15) is 13.2 Å². The van der Waals surface area contributed by atoms with Gasteiger partial charge in [0.05, 0.1) is 12.1 Å². The molecule has 2 aliphatic heterocycles. The van der Waals surface area contributed by atoms with Crippen molar-refractivity contribution in [3.05, 3.63) is 35.2 Å². The lowest BCUT2D eigenvalue weighted by Crippen LogP contribution is -2.28. The number of sulfonamides is 1. The van der Waals surface area contributed by atoms with Crippen LogP contribution in [0.5, 0.6) is 11.5 Å². The Morgan fingerprint density at radius 1 is 1.12 bits per heavy atom.